The summed E-state index contributed by atoms with van der Waals surface area (Å²) in [7, 11) is 0. The molecule has 1 saturated heterocycles. The van der Waals surface area contributed by atoms with Crippen LogP contribution in [-0.4, -0.2) is 33.4 Å². The van der Waals surface area contributed by atoms with Gasteiger partial charge in [0.2, 0.25) is 5.91 Å². The van der Waals surface area contributed by atoms with Crippen LogP contribution in [0.3, 0.4) is 0 Å². The van der Waals surface area contributed by atoms with Crippen molar-refractivity contribution in [3.63, 3.8) is 0 Å². The number of anilines is 1. The lowest BCUT2D eigenvalue weighted by Crippen LogP contribution is -2.34. The first-order valence-electron chi connectivity index (χ1n) is 9.26. The molecule has 0 spiro atoms. The predicted molar refractivity (Wildman–Crippen MR) is 97.3 cm³/mol. The minimum atomic E-state index is -0.259. The third-order valence-corrected chi connectivity index (χ3v) is 5.19. The van der Waals surface area contributed by atoms with Crippen molar-refractivity contribution in [3.8, 4) is 0 Å². The lowest BCUT2D eigenvalue weighted by Gasteiger charge is -2.22. The highest BCUT2D eigenvalue weighted by atomic mass is 19.1. The second-order valence-electron chi connectivity index (χ2n) is 7.12. The van der Waals surface area contributed by atoms with Gasteiger partial charge in [-0.1, -0.05) is 12.1 Å². The second-order valence-corrected chi connectivity index (χ2v) is 7.12. The van der Waals surface area contributed by atoms with Gasteiger partial charge in [0.15, 0.2) is 0 Å². The minimum absolute atomic E-state index is 0.0788. The average Bonchev–Trinajstić information content (AvgIpc) is 2.97. The number of nitrogens with zero attached hydrogens (tertiary/aromatic N) is 3. The number of aryl methyl sites for hydroxylation is 2. The monoisotopic (exact) mass is 354 g/mol. The van der Waals surface area contributed by atoms with E-state index in [9.17, 15) is 9.18 Å². The summed E-state index contributed by atoms with van der Waals surface area (Å²) in [6.07, 6.45) is 5.01. The number of hydrogen-bond donors (Lipinski definition) is 1. The van der Waals surface area contributed by atoms with Crippen molar-refractivity contribution in [2.45, 2.75) is 51.6 Å². The first-order chi connectivity index (χ1) is 12.6. The van der Waals surface area contributed by atoms with Crippen LogP contribution in [0.25, 0.3) is 0 Å². The van der Waals surface area contributed by atoms with Crippen LogP contribution in [0.1, 0.15) is 41.9 Å². The number of carbonyl (C=O) groups excluding carboxylic acids is 1. The van der Waals surface area contributed by atoms with Crippen molar-refractivity contribution < 1.29 is 9.18 Å². The molecule has 1 N–H and O–H groups in total. The summed E-state index contributed by atoms with van der Waals surface area (Å²) in [5.74, 6) is 1.40. The van der Waals surface area contributed by atoms with Gasteiger partial charge in [-0.25, -0.2) is 14.4 Å². The molecule has 1 unspecified atom stereocenters. The molecule has 1 fully saturated rings. The average molecular weight is 354 g/mol. The van der Waals surface area contributed by atoms with Crippen LogP contribution in [0, 0.1) is 12.7 Å². The number of likely N-dealkylation sites (tertiary alicyclic amines) is 1. The molecule has 4 rings (SSSR count). The lowest BCUT2D eigenvalue weighted by atomic mass is 9.96. The lowest BCUT2D eigenvalue weighted by molar-refractivity contribution is -0.128. The molecule has 0 saturated carbocycles. The van der Waals surface area contributed by atoms with Crippen molar-refractivity contribution in [3.05, 3.63) is 52.7 Å². The molecule has 2 heterocycles. The Kier molecular flexibility index (Phi) is 4.57. The normalized spacial score (nSPS) is 19.5. The van der Waals surface area contributed by atoms with Gasteiger partial charge < -0.3 is 10.2 Å². The molecule has 2 aliphatic rings. The number of rotatable bonds is 4. The number of fused-ring (bicyclic) bond motifs is 1. The summed E-state index contributed by atoms with van der Waals surface area (Å²) in [5, 5.41) is 3.38. The van der Waals surface area contributed by atoms with Crippen LogP contribution in [0.2, 0.25) is 0 Å². The Morgan fingerprint density at radius 1 is 1.19 bits per heavy atom. The Balaban J connectivity index is 1.47. The summed E-state index contributed by atoms with van der Waals surface area (Å²) in [6.45, 7) is 3.11. The molecule has 0 bridgehead atoms. The number of benzene rings is 1. The number of halogens is 1. The molecule has 1 aliphatic carbocycles. The van der Waals surface area contributed by atoms with Crippen molar-refractivity contribution >= 4 is 11.7 Å². The van der Waals surface area contributed by atoms with Crippen molar-refractivity contribution in [2.75, 3.05) is 11.9 Å². The quantitative estimate of drug-likeness (QED) is 0.917. The van der Waals surface area contributed by atoms with Gasteiger partial charge in [-0.05, 0) is 56.7 Å². The Morgan fingerprint density at radius 2 is 1.96 bits per heavy atom. The topological polar surface area (TPSA) is 58.1 Å². The van der Waals surface area contributed by atoms with Crippen LogP contribution in [0.4, 0.5) is 10.2 Å². The smallest absolute Gasteiger partial charge is 0.245 e. The highest BCUT2D eigenvalue weighted by Crippen LogP contribution is 2.27. The molecular formula is C20H23FN4O. The van der Waals surface area contributed by atoms with E-state index in [0.29, 0.717) is 13.1 Å². The highest BCUT2D eigenvalue weighted by Gasteiger charge is 2.32. The largest absolute Gasteiger partial charge is 0.358 e. The van der Waals surface area contributed by atoms with E-state index < -0.39 is 0 Å². The molecule has 0 radical (unpaired) electrons. The van der Waals surface area contributed by atoms with Gasteiger partial charge in [-0.3, -0.25) is 4.79 Å². The number of carbonyl (C=O) groups is 1. The van der Waals surface area contributed by atoms with Gasteiger partial charge in [-0.15, -0.1) is 0 Å². The zero-order valence-corrected chi connectivity index (χ0v) is 15.0. The molecule has 1 amide bonds. The van der Waals surface area contributed by atoms with Crippen LogP contribution in [0.15, 0.2) is 24.3 Å². The fourth-order valence-electron chi connectivity index (χ4n) is 3.84. The van der Waals surface area contributed by atoms with Gasteiger partial charge in [0.25, 0.3) is 0 Å². The van der Waals surface area contributed by atoms with Gasteiger partial charge >= 0.3 is 0 Å². The van der Waals surface area contributed by atoms with Gasteiger partial charge in [0, 0.05) is 24.3 Å². The number of nitrogens with one attached hydrogen (secondary N) is 1. The van der Waals surface area contributed by atoms with E-state index in [1.807, 2.05) is 11.8 Å². The first-order valence-corrected chi connectivity index (χ1v) is 9.26. The van der Waals surface area contributed by atoms with E-state index in [0.717, 1.165) is 55.0 Å². The van der Waals surface area contributed by atoms with E-state index >= 15 is 0 Å². The van der Waals surface area contributed by atoms with Crippen molar-refractivity contribution in [2.24, 2.45) is 0 Å². The Labute approximate surface area is 152 Å². The van der Waals surface area contributed by atoms with Crippen molar-refractivity contribution in [1.82, 2.24) is 14.9 Å². The summed E-state index contributed by atoms with van der Waals surface area (Å²) < 4.78 is 13.0. The van der Waals surface area contributed by atoms with Crippen LogP contribution in [0.5, 0.6) is 0 Å². The molecule has 26 heavy (non-hydrogen) atoms. The molecule has 1 aromatic carbocycles. The van der Waals surface area contributed by atoms with Gasteiger partial charge in [0.1, 0.15) is 23.5 Å². The number of amides is 1. The van der Waals surface area contributed by atoms with E-state index in [2.05, 4.69) is 15.3 Å². The minimum Gasteiger partial charge on any atom is -0.358 e. The maximum Gasteiger partial charge on any atom is 0.245 e. The maximum absolute atomic E-state index is 13.0. The summed E-state index contributed by atoms with van der Waals surface area (Å²) in [5.41, 5.74) is 3.24. The maximum atomic E-state index is 13.0. The van der Waals surface area contributed by atoms with Crippen LogP contribution in [-0.2, 0) is 24.2 Å². The molecule has 136 valence electrons. The van der Waals surface area contributed by atoms with E-state index in [4.69, 9.17) is 0 Å². The fraction of sp³-hybridized carbons (Fsp3) is 0.450. The zero-order chi connectivity index (χ0) is 18.1. The molecular weight excluding hydrogens is 331 g/mol. The summed E-state index contributed by atoms with van der Waals surface area (Å²) >= 11 is 0. The molecule has 1 aliphatic heterocycles. The molecule has 1 atom stereocenters. The van der Waals surface area contributed by atoms with Crippen LogP contribution < -0.4 is 5.32 Å². The molecule has 6 heteroatoms. The van der Waals surface area contributed by atoms with Gasteiger partial charge in [-0.2, -0.15) is 0 Å². The predicted octanol–water partition coefficient (Wildman–Crippen LogP) is 3.02. The van der Waals surface area contributed by atoms with Crippen molar-refractivity contribution in [1.29, 1.82) is 0 Å². The second kappa shape index (κ2) is 7.02. The zero-order valence-electron chi connectivity index (χ0n) is 15.0. The summed E-state index contributed by atoms with van der Waals surface area (Å²) in [6, 6.07) is 6.07. The number of aromatic nitrogens is 2. The fourth-order valence-corrected chi connectivity index (χ4v) is 3.84. The van der Waals surface area contributed by atoms with E-state index in [1.165, 1.54) is 17.7 Å². The third-order valence-electron chi connectivity index (χ3n) is 5.19. The third kappa shape index (κ3) is 3.41. The highest BCUT2D eigenvalue weighted by molar-refractivity contribution is 5.86. The molecule has 1 aromatic heterocycles. The van der Waals surface area contributed by atoms with E-state index in [1.54, 1.807) is 12.1 Å². The molecule has 2 aromatic rings. The Bertz CT molecular complexity index is 821. The van der Waals surface area contributed by atoms with E-state index in [-0.39, 0.29) is 17.8 Å². The SMILES string of the molecule is Cc1nc2c(c(NC3CCN(Cc4ccc(F)cc4)C3=O)n1)CCCC2. The Morgan fingerprint density at radius 3 is 2.77 bits per heavy atom. The Hall–Kier alpha value is -2.50. The molecule has 5 nitrogen and oxygen atoms in total. The van der Waals surface area contributed by atoms with Crippen LogP contribution >= 0.6 is 0 Å². The number of hydrogen-bond acceptors (Lipinski definition) is 4. The van der Waals surface area contributed by atoms with Gasteiger partial charge in [0.05, 0.1) is 0 Å². The standard InChI is InChI=1S/C20H23FN4O/c1-13-22-17-5-3-2-4-16(17)19(23-13)24-18-10-11-25(20(18)26)12-14-6-8-15(21)9-7-14/h6-9,18H,2-5,10-12H2,1H3,(H,22,23,24). The first kappa shape index (κ1) is 16.9. The summed E-state index contributed by atoms with van der Waals surface area (Å²) in [4.78, 5) is 23.7.